The van der Waals surface area contributed by atoms with Gasteiger partial charge in [0.15, 0.2) is 0 Å². The predicted octanol–water partition coefficient (Wildman–Crippen LogP) is 2.77. The molecule has 0 aliphatic heterocycles. The summed E-state index contributed by atoms with van der Waals surface area (Å²) in [6, 6.07) is 6.77. The van der Waals surface area contributed by atoms with E-state index >= 15 is 0 Å². The average Bonchev–Trinajstić information content (AvgIpc) is 2.26. The highest BCUT2D eigenvalue weighted by Gasteiger charge is 1.96. The van der Waals surface area contributed by atoms with Gasteiger partial charge in [0.05, 0.1) is 6.61 Å². The fourth-order valence-electron chi connectivity index (χ4n) is 1.79. The second-order valence-electron chi connectivity index (χ2n) is 4.29. The molecule has 0 aliphatic carbocycles. The van der Waals surface area contributed by atoms with Gasteiger partial charge in [-0.3, -0.25) is 0 Å². The SMILES string of the molecule is COCCNCCSCc1cc(C)cc(C)c1. The number of ether oxygens (including phenoxy) is 1. The smallest absolute Gasteiger partial charge is 0.0587 e. The van der Waals surface area contributed by atoms with Crippen LogP contribution in [0.3, 0.4) is 0 Å². The van der Waals surface area contributed by atoms with Crippen molar-refractivity contribution in [1.29, 1.82) is 0 Å². The molecule has 1 rings (SSSR count). The molecular weight excluding hydrogens is 230 g/mol. The lowest BCUT2D eigenvalue weighted by Crippen LogP contribution is -2.21. The van der Waals surface area contributed by atoms with Crippen LogP contribution in [0, 0.1) is 13.8 Å². The zero-order valence-corrected chi connectivity index (χ0v) is 11.9. The lowest BCUT2D eigenvalue weighted by molar-refractivity contribution is 0.200. The van der Waals surface area contributed by atoms with Crippen LogP contribution < -0.4 is 5.32 Å². The Morgan fingerprint density at radius 3 is 2.47 bits per heavy atom. The molecule has 0 fully saturated rings. The third-order valence-corrected chi connectivity index (χ3v) is 3.49. The molecule has 0 radical (unpaired) electrons. The molecule has 0 aliphatic rings. The van der Waals surface area contributed by atoms with E-state index in [2.05, 4.69) is 37.4 Å². The number of nitrogens with one attached hydrogen (secondary N) is 1. The molecule has 0 spiro atoms. The molecule has 17 heavy (non-hydrogen) atoms. The van der Waals surface area contributed by atoms with E-state index in [9.17, 15) is 0 Å². The van der Waals surface area contributed by atoms with Gasteiger partial charge in [0.25, 0.3) is 0 Å². The van der Waals surface area contributed by atoms with Crippen molar-refractivity contribution in [2.24, 2.45) is 0 Å². The minimum Gasteiger partial charge on any atom is -0.383 e. The monoisotopic (exact) mass is 253 g/mol. The van der Waals surface area contributed by atoms with Crippen molar-refractivity contribution in [2.75, 3.05) is 32.6 Å². The maximum Gasteiger partial charge on any atom is 0.0587 e. The third-order valence-electron chi connectivity index (χ3n) is 2.46. The highest BCUT2D eigenvalue weighted by atomic mass is 32.2. The summed E-state index contributed by atoms with van der Waals surface area (Å²) in [6.07, 6.45) is 0. The Kier molecular flexibility index (Phi) is 7.33. The van der Waals surface area contributed by atoms with E-state index in [1.807, 2.05) is 11.8 Å². The van der Waals surface area contributed by atoms with Gasteiger partial charge in [-0.05, 0) is 19.4 Å². The number of rotatable bonds is 8. The molecule has 0 unspecified atom stereocenters. The van der Waals surface area contributed by atoms with Crippen molar-refractivity contribution in [3.63, 3.8) is 0 Å². The molecule has 0 atom stereocenters. The van der Waals surface area contributed by atoms with Crippen LogP contribution in [0.15, 0.2) is 18.2 Å². The van der Waals surface area contributed by atoms with Crippen LogP contribution in [0.25, 0.3) is 0 Å². The lowest BCUT2D eigenvalue weighted by atomic mass is 10.1. The Morgan fingerprint density at radius 1 is 1.12 bits per heavy atom. The first-order chi connectivity index (χ1) is 8.22. The van der Waals surface area contributed by atoms with Gasteiger partial charge in [0.1, 0.15) is 0 Å². The highest BCUT2D eigenvalue weighted by molar-refractivity contribution is 7.98. The molecule has 96 valence electrons. The number of hydrogen-bond donors (Lipinski definition) is 1. The largest absolute Gasteiger partial charge is 0.383 e. The Bertz CT molecular complexity index is 308. The number of hydrogen-bond acceptors (Lipinski definition) is 3. The molecule has 0 heterocycles. The first kappa shape index (κ1) is 14.6. The molecule has 1 aromatic carbocycles. The molecule has 0 saturated carbocycles. The van der Waals surface area contributed by atoms with Gasteiger partial charge in [0, 0.05) is 31.7 Å². The summed E-state index contributed by atoms with van der Waals surface area (Å²) in [4.78, 5) is 0. The topological polar surface area (TPSA) is 21.3 Å². The molecule has 1 N–H and O–H groups in total. The predicted molar refractivity (Wildman–Crippen MR) is 76.8 cm³/mol. The average molecular weight is 253 g/mol. The van der Waals surface area contributed by atoms with Crippen LogP contribution in [0.1, 0.15) is 16.7 Å². The summed E-state index contributed by atoms with van der Waals surface area (Å²) < 4.78 is 4.97. The number of thioether (sulfide) groups is 1. The number of aryl methyl sites for hydroxylation is 2. The summed E-state index contributed by atoms with van der Waals surface area (Å²) in [5, 5.41) is 3.35. The molecular formula is C14H23NOS. The van der Waals surface area contributed by atoms with Crippen LogP contribution in [0.2, 0.25) is 0 Å². The number of benzene rings is 1. The standard InChI is InChI=1S/C14H23NOS/c1-12-8-13(2)10-14(9-12)11-17-7-5-15-4-6-16-3/h8-10,15H,4-7,11H2,1-3H3. The van der Waals surface area contributed by atoms with E-state index in [1.165, 1.54) is 16.7 Å². The van der Waals surface area contributed by atoms with E-state index in [-0.39, 0.29) is 0 Å². The Balaban J connectivity index is 2.13. The molecule has 0 saturated heterocycles. The zero-order valence-electron chi connectivity index (χ0n) is 11.1. The third kappa shape index (κ3) is 6.71. The van der Waals surface area contributed by atoms with Gasteiger partial charge in [-0.15, -0.1) is 0 Å². The molecule has 1 aromatic rings. The highest BCUT2D eigenvalue weighted by Crippen LogP contribution is 2.15. The maximum absolute atomic E-state index is 4.97. The lowest BCUT2D eigenvalue weighted by Gasteiger charge is -2.06. The Morgan fingerprint density at radius 2 is 1.82 bits per heavy atom. The minimum absolute atomic E-state index is 0.793. The zero-order chi connectivity index (χ0) is 12.5. The van der Waals surface area contributed by atoms with E-state index in [0.717, 1.165) is 31.2 Å². The summed E-state index contributed by atoms with van der Waals surface area (Å²) >= 11 is 1.98. The second kappa shape index (κ2) is 8.56. The van der Waals surface area contributed by atoms with E-state index in [1.54, 1.807) is 7.11 Å². The quantitative estimate of drug-likeness (QED) is 0.720. The van der Waals surface area contributed by atoms with Crippen molar-refractivity contribution < 1.29 is 4.74 Å². The van der Waals surface area contributed by atoms with Gasteiger partial charge in [0.2, 0.25) is 0 Å². The van der Waals surface area contributed by atoms with Crippen LogP contribution in [0.4, 0.5) is 0 Å². The second-order valence-corrected chi connectivity index (χ2v) is 5.40. The molecule has 0 aromatic heterocycles. The number of methoxy groups -OCH3 is 1. The van der Waals surface area contributed by atoms with Crippen molar-refractivity contribution >= 4 is 11.8 Å². The van der Waals surface area contributed by atoms with Gasteiger partial charge in [-0.1, -0.05) is 29.3 Å². The van der Waals surface area contributed by atoms with Crippen LogP contribution in [-0.4, -0.2) is 32.6 Å². The first-order valence-electron chi connectivity index (χ1n) is 6.07. The molecule has 0 bridgehead atoms. The van der Waals surface area contributed by atoms with Gasteiger partial charge < -0.3 is 10.1 Å². The van der Waals surface area contributed by atoms with E-state index in [0.29, 0.717) is 0 Å². The fourth-order valence-corrected chi connectivity index (χ4v) is 2.62. The summed E-state index contributed by atoms with van der Waals surface area (Å²) in [5.41, 5.74) is 4.15. The van der Waals surface area contributed by atoms with Crippen molar-refractivity contribution in [3.05, 3.63) is 34.9 Å². The van der Waals surface area contributed by atoms with Gasteiger partial charge in [-0.25, -0.2) is 0 Å². The summed E-state index contributed by atoms with van der Waals surface area (Å²) in [6.45, 7) is 7.11. The van der Waals surface area contributed by atoms with Crippen molar-refractivity contribution in [3.8, 4) is 0 Å². The van der Waals surface area contributed by atoms with E-state index < -0.39 is 0 Å². The van der Waals surface area contributed by atoms with Crippen LogP contribution in [-0.2, 0) is 10.5 Å². The molecule has 3 heteroatoms. The van der Waals surface area contributed by atoms with Gasteiger partial charge in [-0.2, -0.15) is 11.8 Å². The van der Waals surface area contributed by atoms with Crippen molar-refractivity contribution in [1.82, 2.24) is 5.32 Å². The normalized spacial score (nSPS) is 10.8. The fraction of sp³-hybridized carbons (Fsp3) is 0.571. The summed E-state index contributed by atoms with van der Waals surface area (Å²) in [7, 11) is 1.73. The maximum atomic E-state index is 4.97. The van der Waals surface area contributed by atoms with Crippen LogP contribution in [0.5, 0.6) is 0 Å². The van der Waals surface area contributed by atoms with E-state index in [4.69, 9.17) is 4.74 Å². The van der Waals surface area contributed by atoms with Gasteiger partial charge >= 0.3 is 0 Å². The Labute approximate surface area is 109 Å². The molecule has 2 nitrogen and oxygen atoms in total. The first-order valence-corrected chi connectivity index (χ1v) is 7.22. The summed E-state index contributed by atoms with van der Waals surface area (Å²) in [5.74, 6) is 2.26. The minimum atomic E-state index is 0.793. The van der Waals surface area contributed by atoms with Crippen molar-refractivity contribution in [2.45, 2.75) is 19.6 Å². The Hall–Kier alpha value is -0.510. The van der Waals surface area contributed by atoms with Crippen LogP contribution >= 0.6 is 11.8 Å². The molecule has 0 amide bonds.